The maximum Gasteiger partial charge on any atom is 0.252 e. The van der Waals surface area contributed by atoms with Crippen LogP contribution >= 0.6 is 0 Å². The largest absolute Gasteiger partial charge is 0.491 e. The van der Waals surface area contributed by atoms with E-state index < -0.39 is 6.04 Å². The van der Waals surface area contributed by atoms with Crippen LogP contribution in [0.25, 0.3) is 0 Å². The summed E-state index contributed by atoms with van der Waals surface area (Å²) in [4.78, 5) is 25.9. The van der Waals surface area contributed by atoms with E-state index in [1.165, 1.54) is 0 Å². The van der Waals surface area contributed by atoms with Crippen molar-refractivity contribution < 1.29 is 19.1 Å². The summed E-state index contributed by atoms with van der Waals surface area (Å²) in [7, 11) is 0. The lowest BCUT2D eigenvalue weighted by Gasteiger charge is -2.23. The molecule has 5 nitrogen and oxygen atoms in total. The van der Waals surface area contributed by atoms with Crippen molar-refractivity contribution in [1.82, 2.24) is 5.32 Å². The van der Waals surface area contributed by atoms with Gasteiger partial charge in [0.1, 0.15) is 29.9 Å². The van der Waals surface area contributed by atoms with Gasteiger partial charge in [0, 0.05) is 12.0 Å². The second-order valence-electron chi connectivity index (χ2n) is 8.70. The van der Waals surface area contributed by atoms with Crippen LogP contribution < -0.4 is 14.8 Å². The smallest absolute Gasteiger partial charge is 0.252 e. The van der Waals surface area contributed by atoms with E-state index in [2.05, 4.69) is 18.3 Å². The number of benzene rings is 3. The number of fused-ring (bicyclic) bond motifs is 1. The summed E-state index contributed by atoms with van der Waals surface area (Å²) in [5.41, 5.74) is 2.70. The molecule has 2 atom stereocenters. The van der Waals surface area contributed by atoms with Gasteiger partial charge >= 0.3 is 0 Å². The van der Waals surface area contributed by atoms with Gasteiger partial charge in [0.15, 0.2) is 5.78 Å². The molecule has 1 aliphatic rings. The third kappa shape index (κ3) is 6.01. The van der Waals surface area contributed by atoms with E-state index in [-0.39, 0.29) is 24.2 Å². The predicted molar refractivity (Wildman–Crippen MR) is 128 cm³/mol. The SMILES string of the molecule is Cc1ccc(Oc2cccc(C(=O)N[C@H]3COc4ccccc4CCC(C)CC3=O)c2)cc1. The van der Waals surface area contributed by atoms with Crippen LogP contribution in [-0.4, -0.2) is 24.3 Å². The Balaban J connectivity index is 1.48. The topological polar surface area (TPSA) is 64.6 Å². The van der Waals surface area contributed by atoms with Crippen molar-refractivity contribution >= 4 is 11.7 Å². The summed E-state index contributed by atoms with van der Waals surface area (Å²) in [6.07, 6.45) is 2.17. The summed E-state index contributed by atoms with van der Waals surface area (Å²) in [6, 6.07) is 21.8. The van der Waals surface area contributed by atoms with E-state index in [1.807, 2.05) is 49.4 Å². The van der Waals surface area contributed by atoms with Crippen LogP contribution in [0.1, 0.15) is 41.3 Å². The molecule has 0 saturated heterocycles. The number of Topliss-reactive ketones (excluding diaryl/α,β-unsaturated/α-hetero) is 1. The van der Waals surface area contributed by atoms with Crippen LogP contribution in [0.5, 0.6) is 17.2 Å². The van der Waals surface area contributed by atoms with Gasteiger partial charge in [-0.3, -0.25) is 9.59 Å². The number of carbonyl (C=O) groups excluding carboxylic acids is 2. The van der Waals surface area contributed by atoms with Gasteiger partial charge in [-0.15, -0.1) is 0 Å². The average molecular weight is 444 g/mol. The lowest BCUT2D eigenvalue weighted by atomic mass is 9.93. The predicted octanol–water partition coefficient (Wildman–Crippen LogP) is 5.51. The molecular formula is C28H29NO4. The molecule has 1 unspecified atom stereocenters. The number of aryl methyl sites for hydroxylation is 2. The van der Waals surface area contributed by atoms with Gasteiger partial charge in [0.05, 0.1) is 0 Å². The van der Waals surface area contributed by atoms with E-state index in [9.17, 15) is 9.59 Å². The molecule has 0 radical (unpaired) electrons. The summed E-state index contributed by atoms with van der Waals surface area (Å²) in [5, 5.41) is 2.88. The fourth-order valence-electron chi connectivity index (χ4n) is 3.91. The first-order valence-electron chi connectivity index (χ1n) is 11.4. The Labute approximate surface area is 194 Å². The van der Waals surface area contributed by atoms with Crippen molar-refractivity contribution in [2.24, 2.45) is 5.92 Å². The van der Waals surface area contributed by atoms with Crippen molar-refractivity contribution in [1.29, 1.82) is 0 Å². The van der Waals surface area contributed by atoms with Gasteiger partial charge in [-0.2, -0.15) is 0 Å². The molecule has 0 saturated carbocycles. The molecule has 4 rings (SSSR count). The fraction of sp³-hybridized carbons (Fsp3) is 0.286. The normalized spacial score (nSPS) is 18.5. The lowest BCUT2D eigenvalue weighted by Crippen LogP contribution is -2.45. The second kappa shape index (κ2) is 10.3. The Kier molecular flexibility index (Phi) is 7.08. The van der Waals surface area contributed by atoms with Gasteiger partial charge in [-0.25, -0.2) is 0 Å². The molecular weight excluding hydrogens is 414 g/mol. The van der Waals surface area contributed by atoms with Crippen LogP contribution in [0, 0.1) is 12.8 Å². The van der Waals surface area contributed by atoms with Crippen LogP contribution in [0.3, 0.4) is 0 Å². The van der Waals surface area contributed by atoms with E-state index >= 15 is 0 Å². The highest BCUT2D eigenvalue weighted by molar-refractivity contribution is 5.98. The highest BCUT2D eigenvalue weighted by Crippen LogP contribution is 2.25. The molecule has 0 bridgehead atoms. The zero-order valence-electron chi connectivity index (χ0n) is 19.0. The quantitative estimate of drug-likeness (QED) is 0.578. The minimum atomic E-state index is -0.715. The Hall–Kier alpha value is -3.60. The molecule has 33 heavy (non-hydrogen) atoms. The molecule has 0 spiro atoms. The highest BCUT2D eigenvalue weighted by atomic mass is 16.5. The Morgan fingerprint density at radius 3 is 2.61 bits per heavy atom. The minimum absolute atomic E-state index is 0.0118. The number of ketones is 1. The number of hydrogen-bond acceptors (Lipinski definition) is 4. The van der Waals surface area contributed by atoms with Crippen molar-refractivity contribution in [2.45, 2.75) is 39.2 Å². The maximum atomic E-state index is 13.0. The maximum absolute atomic E-state index is 13.0. The molecule has 1 heterocycles. The monoisotopic (exact) mass is 443 g/mol. The second-order valence-corrected chi connectivity index (χ2v) is 8.70. The van der Waals surface area contributed by atoms with Gasteiger partial charge in [0.2, 0.25) is 0 Å². The van der Waals surface area contributed by atoms with Crippen molar-refractivity contribution in [3.63, 3.8) is 0 Å². The molecule has 170 valence electrons. The zero-order valence-corrected chi connectivity index (χ0v) is 19.0. The van der Waals surface area contributed by atoms with Crippen LogP contribution in [0.15, 0.2) is 72.8 Å². The molecule has 3 aromatic carbocycles. The molecule has 1 N–H and O–H groups in total. The summed E-state index contributed by atoms with van der Waals surface area (Å²) < 4.78 is 11.9. The van der Waals surface area contributed by atoms with E-state index in [4.69, 9.17) is 9.47 Å². The standard InChI is InChI=1S/C28H29NO4/c1-19-11-14-23(15-12-19)33-24-8-5-7-22(17-24)28(31)29-25-18-32-27-9-4-3-6-21(27)13-10-20(2)16-26(25)30/h3-9,11-12,14-15,17,20,25H,10,13,16,18H2,1-2H3,(H,29,31)/t20?,25-/m0/s1. The molecule has 0 aromatic heterocycles. The van der Waals surface area contributed by atoms with E-state index in [1.54, 1.807) is 24.3 Å². The Bertz CT molecular complexity index is 1120. The average Bonchev–Trinajstić information content (AvgIpc) is 2.82. The molecule has 5 heteroatoms. The molecule has 1 amide bonds. The van der Waals surface area contributed by atoms with Gasteiger partial charge in [0.25, 0.3) is 5.91 Å². The summed E-state index contributed by atoms with van der Waals surface area (Å²) >= 11 is 0. The number of para-hydroxylation sites is 1. The minimum Gasteiger partial charge on any atom is -0.491 e. The summed E-state index contributed by atoms with van der Waals surface area (Å²) in [5.74, 6) is 1.91. The number of hydrogen-bond donors (Lipinski definition) is 1. The molecule has 3 aromatic rings. The van der Waals surface area contributed by atoms with Crippen LogP contribution in [-0.2, 0) is 11.2 Å². The van der Waals surface area contributed by atoms with Crippen molar-refractivity contribution in [3.05, 3.63) is 89.5 Å². The van der Waals surface area contributed by atoms with Gasteiger partial charge in [-0.1, -0.05) is 48.9 Å². The van der Waals surface area contributed by atoms with Crippen LogP contribution in [0.2, 0.25) is 0 Å². The number of rotatable bonds is 4. The number of amides is 1. The summed E-state index contributed by atoms with van der Waals surface area (Å²) in [6.45, 7) is 4.19. The first-order chi connectivity index (χ1) is 16.0. The number of ether oxygens (including phenoxy) is 2. The first kappa shape index (κ1) is 22.6. The van der Waals surface area contributed by atoms with Crippen molar-refractivity contribution in [2.75, 3.05) is 6.61 Å². The third-order valence-corrected chi connectivity index (χ3v) is 5.88. The zero-order chi connectivity index (χ0) is 23.2. The molecule has 0 aliphatic carbocycles. The first-order valence-corrected chi connectivity index (χ1v) is 11.4. The van der Waals surface area contributed by atoms with Gasteiger partial charge < -0.3 is 14.8 Å². The third-order valence-electron chi connectivity index (χ3n) is 5.88. The van der Waals surface area contributed by atoms with Gasteiger partial charge in [-0.05, 0) is 67.6 Å². The lowest BCUT2D eigenvalue weighted by molar-refractivity contribution is -0.122. The Morgan fingerprint density at radius 1 is 1.00 bits per heavy atom. The fourth-order valence-corrected chi connectivity index (χ4v) is 3.91. The molecule has 1 aliphatic heterocycles. The van der Waals surface area contributed by atoms with E-state index in [0.717, 1.165) is 29.7 Å². The number of carbonyl (C=O) groups is 2. The molecule has 0 fully saturated rings. The number of nitrogens with one attached hydrogen (secondary N) is 1. The Morgan fingerprint density at radius 2 is 1.79 bits per heavy atom. The van der Waals surface area contributed by atoms with Crippen LogP contribution in [0.4, 0.5) is 0 Å². The van der Waals surface area contributed by atoms with E-state index in [0.29, 0.717) is 23.5 Å². The van der Waals surface area contributed by atoms with Crippen molar-refractivity contribution in [3.8, 4) is 17.2 Å². The highest BCUT2D eigenvalue weighted by Gasteiger charge is 2.25.